The molecule has 5 nitrogen and oxygen atoms in total. The highest BCUT2D eigenvalue weighted by atomic mass is 35.5. The van der Waals surface area contributed by atoms with Crippen molar-refractivity contribution in [2.45, 2.75) is 13.8 Å². The van der Waals surface area contributed by atoms with Gasteiger partial charge in [-0.1, -0.05) is 29.8 Å². The summed E-state index contributed by atoms with van der Waals surface area (Å²) in [4.78, 5) is 21.6. The lowest BCUT2D eigenvalue weighted by atomic mass is 10.2. The number of rotatable bonds is 3. The van der Waals surface area contributed by atoms with Gasteiger partial charge >= 0.3 is 0 Å². The van der Waals surface area contributed by atoms with Gasteiger partial charge in [0.05, 0.1) is 10.6 Å². The molecule has 4 rings (SSSR count). The lowest BCUT2D eigenvalue weighted by Crippen LogP contribution is -2.49. The second-order valence-electron chi connectivity index (χ2n) is 7.04. The molecule has 0 radical (unpaired) electrons. The molecule has 3 heterocycles. The number of anilines is 1. The van der Waals surface area contributed by atoms with E-state index in [0.717, 1.165) is 41.5 Å². The van der Waals surface area contributed by atoms with E-state index in [1.54, 1.807) is 6.20 Å². The number of pyridine rings is 1. The second kappa shape index (κ2) is 7.68. The van der Waals surface area contributed by atoms with Crippen molar-refractivity contribution in [1.29, 1.82) is 0 Å². The summed E-state index contributed by atoms with van der Waals surface area (Å²) in [6, 6.07) is 15.8. The maximum Gasteiger partial charge on any atom is 0.255 e. The summed E-state index contributed by atoms with van der Waals surface area (Å²) in [6.07, 6.45) is 1.75. The molecule has 1 aliphatic heterocycles. The van der Waals surface area contributed by atoms with Crippen LogP contribution in [0.15, 0.2) is 54.7 Å². The van der Waals surface area contributed by atoms with E-state index in [4.69, 9.17) is 11.6 Å². The van der Waals surface area contributed by atoms with Crippen LogP contribution in [0.4, 0.5) is 5.82 Å². The summed E-state index contributed by atoms with van der Waals surface area (Å²) in [7, 11) is 0. The van der Waals surface area contributed by atoms with Crippen LogP contribution in [0.5, 0.6) is 0 Å². The minimum absolute atomic E-state index is 0.0852. The molecule has 0 spiro atoms. The predicted octanol–water partition coefficient (Wildman–Crippen LogP) is 4.10. The highest BCUT2D eigenvalue weighted by Crippen LogP contribution is 2.25. The van der Waals surface area contributed by atoms with E-state index in [0.29, 0.717) is 18.1 Å². The molecule has 1 amide bonds. The quantitative estimate of drug-likeness (QED) is 0.671. The smallest absolute Gasteiger partial charge is 0.255 e. The molecule has 1 fully saturated rings. The Labute approximate surface area is 170 Å². The fraction of sp³-hybridized carbons (Fsp3) is 0.273. The minimum atomic E-state index is 0.0852. The molecule has 0 unspecified atom stereocenters. The molecule has 28 heavy (non-hydrogen) atoms. The number of carbonyl (C=O) groups excluding carboxylic acids is 1. The number of carbonyl (C=O) groups is 1. The molecule has 0 saturated carbocycles. The fourth-order valence-electron chi connectivity index (χ4n) is 3.86. The number of aromatic nitrogens is 2. The number of para-hydroxylation sites is 1. The average molecular weight is 395 g/mol. The Morgan fingerprint density at radius 3 is 2.39 bits per heavy atom. The Morgan fingerprint density at radius 2 is 1.71 bits per heavy atom. The van der Waals surface area contributed by atoms with Gasteiger partial charge in [0.2, 0.25) is 0 Å². The first-order valence-electron chi connectivity index (χ1n) is 9.45. The van der Waals surface area contributed by atoms with E-state index >= 15 is 0 Å². The first kappa shape index (κ1) is 18.6. The maximum atomic E-state index is 13.2. The lowest BCUT2D eigenvalue weighted by molar-refractivity contribution is 0.0746. The number of amides is 1. The lowest BCUT2D eigenvalue weighted by Gasteiger charge is -2.35. The molecule has 6 heteroatoms. The van der Waals surface area contributed by atoms with Gasteiger partial charge in [0.1, 0.15) is 5.82 Å². The molecule has 1 aromatic carbocycles. The zero-order valence-electron chi connectivity index (χ0n) is 16.1. The van der Waals surface area contributed by atoms with Crippen molar-refractivity contribution >= 4 is 23.3 Å². The third kappa shape index (κ3) is 3.38. The predicted molar refractivity (Wildman–Crippen MR) is 113 cm³/mol. The molecule has 2 aromatic heterocycles. The standard InChI is InChI=1S/C22H23ClN4O/c1-16-15-19(17(2)27(16)18-7-4-3-5-8-18)22(28)26-13-11-25(12-14-26)21-20(23)9-6-10-24-21/h3-10,15H,11-14H2,1-2H3. The first-order chi connectivity index (χ1) is 13.6. The van der Waals surface area contributed by atoms with Gasteiger partial charge in [-0.25, -0.2) is 4.98 Å². The topological polar surface area (TPSA) is 41.4 Å². The van der Waals surface area contributed by atoms with Gasteiger partial charge in [-0.05, 0) is 44.2 Å². The van der Waals surface area contributed by atoms with E-state index in [2.05, 4.69) is 26.6 Å². The SMILES string of the molecule is Cc1cc(C(=O)N2CCN(c3ncccc3Cl)CC2)c(C)n1-c1ccccc1. The summed E-state index contributed by atoms with van der Waals surface area (Å²) in [5.74, 6) is 0.876. The summed E-state index contributed by atoms with van der Waals surface area (Å²) in [5.41, 5.74) is 3.88. The number of nitrogens with zero attached hydrogens (tertiary/aromatic N) is 4. The molecule has 0 aliphatic carbocycles. The molecule has 0 atom stereocenters. The van der Waals surface area contributed by atoms with Gasteiger partial charge < -0.3 is 14.4 Å². The Balaban J connectivity index is 1.51. The summed E-state index contributed by atoms with van der Waals surface area (Å²) >= 11 is 6.26. The normalized spacial score (nSPS) is 14.4. The van der Waals surface area contributed by atoms with Crippen LogP contribution in [0.3, 0.4) is 0 Å². The molecule has 1 aliphatic rings. The Morgan fingerprint density at radius 1 is 1.00 bits per heavy atom. The van der Waals surface area contributed by atoms with Crippen LogP contribution in [0.2, 0.25) is 5.02 Å². The van der Waals surface area contributed by atoms with Crippen molar-refractivity contribution in [3.05, 3.63) is 76.7 Å². The number of piperazine rings is 1. The van der Waals surface area contributed by atoms with Crippen LogP contribution in [-0.4, -0.2) is 46.5 Å². The molecule has 0 bridgehead atoms. The van der Waals surface area contributed by atoms with E-state index in [9.17, 15) is 4.79 Å². The first-order valence-corrected chi connectivity index (χ1v) is 9.83. The molecule has 3 aromatic rings. The van der Waals surface area contributed by atoms with E-state index in [-0.39, 0.29) is 5.91 Å². The minimum Gasteiger partial charge on any atom is -0.352 e. The number of hydrogen-bond acceptors (Lipinski definition) is 3. The molecular formula is C22H23ClN4O. The van der Waals surface area contributed by atoms with Crippen molar-refractivity contribution < 1.29 is 4.79 Å². The zero-order valence-corrected chi connectivity index (χ0v) is 16.9. The zero-order chi connectivity index (χ0) is 19.7. The second-order valence-corrected chi connectivity index (χ2v) is 7.45. The van der Waals surface area contributed by atoms with E-state index < -0.39 is 0 Å². The third-order valence-electron chi connectivity index (χ3n) is 5.28. The number of benzene rings is 1. The Kier molecular flexibility index (Phi) is 5.09. The van der Waals surface area contributed by atoms with Crippen LogP contribution >= 0.6 is 11.6 Å². The van der Waals surface area contributed by atoms with E-state index in [1.165, 1.54) is 0 Å². The highest BCUT2D eigenvalue weighted by Gasteiger charge is 2.26. The summed E-state index contributed by atoms with van der Waals surface area (Å²) < 4.78 is 2.14. The highest BCUT2D eigenvalue weighted by molar-refractivity contribution is 6.32. The van der Waals surface area contributed by atoms with Crippen LogP contribution in [0.1, 0.15) is 21.7 Å². The average Bonchev–Trinajstić information content (AvgIpc) is 3.02. The number of hydrogen-bond donors (Lipinski definition) is 0. The van der Waals surface area contributed by atoms with Crippen molar-refractivity contribution in [2.24, 2.45) is 0 Å². The Bertz CT molecular complexity index is 991. The van der Waals surface area contributed by atoms with Gasteiger partial charge in [0, 0.05) is 49.5 Å². The number of halogens is 1. The molecule has 0 N–H and O–H groups in total. The molecule has 1 saturated heterocycles. The monoisotopic (exact) mass is 394 g/mol. The van der Waals surface area contributed by atoms with Crippen molar-refractivity contribution in [3.63, 3.8) is 0 Å². The van der Waals surface area contributed by atoms with Crippen LogP contribution < -0.4 is 4.90 Å². The third-order valence-corrected chi connectivity index (χ3v) is 5.58. The van der Waals surface area contributed by atoms with E-state index in [1.807, 2.05) is 55.1 Å². The Hall–Kier alpha value is -2.79. The molecule has 144 valence electrons. The van der Waals surface area contributed by atoms with Gasteiger partial charge in [-0.15, -0.1) is 0 Å². The van der Waals surface area contributed by atoms with Crippen molar-refractivity contribution in [3.8, 4) is 5.69 Å². The fourth-order valence-corrected chi connectivity index (χ4v) is 4.10. The van der Waals surface area contributed by atoms with Crippen molar-refractivity contribution in [2.75, 3.05) is 31.1 Å². The van der Waals surface area contributed by atoms with Crippen LogP contribution in [0, 0.1) is 13.8 Å². The van der Waals surface area contributed by atoms with Gasteiger partial charge in [0.15, 0.2) is 0 Å². The molecular weight excluding hydrogens is 372 g/mol. The largest absolute Gasteiger partial charge is 0.352 e. The van der Waals surface area contributed by atoms with Crippen molar-refractivity contribution in [1.82, 2.24) is 14.5 Å². The maximum absolute atomic E-state index is 13.2. The van der Waals surface area contributed by atoms with Gasteiger partial charge in [-0.3, -0.25) is 4.79 Å². The summed E-state index contributed by atoms with van der Waals surface area (Å²) in [5, 5.41) is 0.647. The number of aryl methyl sites for hydroxylation is 1. The summed E-state index contributed by atoms with van der Waals surface area (Å²) in [6.45, 7) is 6.80. The van der Waals surface area contributed by atoms with Crippen LogP contribution in [0.25, 0.3) is 5.69 Å². The van der Waals surface area contributed by atoms with Gasteiger partial charge in [0.25, 0.3) is 5.91 Å². The van der Waals surface area contributed by atoms with Crippen LogP contribution in [-0.2, 0) is 0 Å². The van der Waals surface area contributed by atoms with Gasteiger partial charge in [-0.2, -0.15) is 0 Å².